The fourth-order valence-electron chi connectivity index (χ4n) is 5.56. The summed E-state index contributed by atoms with van der Waals surface area (Å²) in [5.41, 5.74) is 3.07. The van der Waals surface area contributed by atoms with Gasteiger partial charge in [0.25, 0.3) is 0 Å². The molecular weight excluding hydrogens is 390 g/mol. The summed E-state index contributed by atoms with van der Waals surface area (Å²) in [6.07, 6.45) is 7.54. The summed E-state index contributed by atoms with van der Waals surface area (Å²) >= 11 is 0. The SMILES string of the molecule is Cn1nc(C2CCC(=O)NC2=O)c2ccc(N3CCC(CN4CCCCC4)CC3)cc21. The first-order valence-corrected chi connectivity index (χ1v) is 11.9. The van der Waals surface area contributed by atoms with Crippen LogP contribution in [0, 0.1) is 5.92 Å². The van der Waals surface area contributed by atoms with Crippen LogP contribution in [0.25, 0.3) is 10.9 Å². The molecule has 2 aromatic rings. The van der Waals surface area contributed by atoms with E-state index in [1.807, 2.05) is 11.7 Å². The summed E-state index contributed by atoms with van der Waals surface area (Å²) in [5.74, 6) is 0.0512. The first-order chi connectivity index (χ1) is 15.1. The van der Waals surface area contributed by atoms with Gasteiger partial charge in [0.1, 0.15) is 0 Å². The largest absolute Gasteiger partial charge is 0.371 e. The minimum Gasteiger partial charge on any atom is -0.371 e. The molecule has 0 radical (unpaired) electrons. The quantitative estimate of drug-likeness (QED) is 0.766. The van der Waals surface area contributed by atoms with Crippen molar-refractivity contribution in [3.8, 4) is 0 Å². The number of carbonyl (C=O) groups excluding carboxylic acids is 2. The Balaban J connectivity index is 1.28. The van der Waals surface area contributed by atoms with Crippen LogP contribution in [0.4, 0.5) is 5.69 Å². The number of aromatic nitrogens is 2. The van der Waals surface area contributed by atoms with Gasteiger partial charge in [0, 0.05) is 44.2 Å². The molecule has 0 saturated carbocycles. The normalized spacial score (nSPS) is 24.0. The van der Waals surface area contributed by atoms with E-state index in [0.29, 0.717) is 12.8 Å². The highest BCUT2D eigenvalue weighted by Gasteiger charge is 2.32. The van der Waals surface area contributed by atoms with Gasteiger partial charge in [-0.1, -0.05) is 6.42 Å². The van der Waals surface area contributed by atoms with E-state index in [2.05, 4.69) is 38.4 Å². The second-order valence-corrected chi connectivity index (χ2v) is 9.51. The number of fused-ring (bicyclic) bond motifs is 1. The number of nitrogens with zero attached hydrogens (tertiary/aromatic N) is 4. The summed E-state index contributed by atoms with van der Waals surface area (Å²) < 4.78 is 1.88. The molecule has 3 saturated heterocycles. The highest BCUT2D eigenvalue weighted by molar-refractivity contribution is 6.02. The highest BCUT2D eigenvalue weighted by atomic mass is 16.2. The molecule has 3 fully saturated rings. The molecule has 1 aromatic carbocycles. The Labute approximate surface area is 183 Å². The van der Waals surface area contributed by atoms with E-state index in [1.54, 1.807) is 0 Å². The number of hydrogen-bond donors (Lipinski definition) is 1. The minimum absolute atomic E-state index is 0.188. The molecule has 3 aliphatic heterocycles. The van der Waals surface area contributed by atoms with E-state index < -0.39 is 0 Å². The molecule has 1 N–H and O–H groups in total. The van der Waals surface area contributed by atoms with Crippen molar-refractivity contribution < 1.29 is 9.59 Å². The summed E-state index contributed by atoms with van der Waals surface area (Å²) in [4.78, 5) is 29.0. The van der Waals surface area contributed by atoms with Crippen molar-refractivity contribution in [2.24, 2.45) is 13.0 Å². The van der Waals surface area contributed by atoms with Gasteiger partial charge in [-0.2, -0.15) is 5.10 Å². The molecule has 1 aromatic heterocycles. The van der Waals surface area contributed by atoms with Gasteiger partial charge in [-0.15, -0.1) is 0 Å². The van der Waals surface area contributed by atoms with E-state index in [-0.39, 0.29) is 17.7 Å². The maximum atomic E-state index is 12.4. The Hall–Kier alpha value is -2.41. The van der Waals surface area contributed by atoms with Gasteiger partial charge < -0.3 is 9.80 Å². The van der Waals surface area contributed by atoms with Crippen molar-refractivity contribution in [3.05, 3.63) is 23.9 Å². The predicted molar refractivity (Wildman–Crippen MR) is 121 cm³/mol. The fraction of sp³-hybridized carbons (Fsp3) is 0.625. The van der Waals surface area contributed by atoms with Crippen LogP contribution in [0.2, 0.25) is 0 Å². The van der Waals surface area contributed by atoms with Gasteiger partial charge in [-0.05, 0) is 69.3 Å². The fourth-order valence-corrected chi connectivity index (χ4v) is 5.56. The summed E-state index contributed by atoms with van der Waals surface area (Å²) in [6, 6.07) is 6.49. The lowest BCUT2D eigenvalue weighted by molar-refractivity contribution is -0.134. The minimum atomic E-state index is -0.349. The molecule has 5 rings (SSSR count). The van der Waals surface area contributed by atoms with Crippen molar-refractivity contribution in [2.75, 3.05) is 37.6 Å². The third kappa shape index (κ3) is 4.20. The summed E-state index contributed by atoms with van der Waals surface area (Å²) in [6.45, 7) is 6.04. The Bertz CT molecular complexity index is 970. The first kappa shape index (κ1) is 20.5. The highest BCUT2D eigenvalue weighted by Crippen LogP contribution is 2.33. The number of benzene rings is 1. The van der Waals surface area contributed by atoms with Gasteiger partial charge in [0.2, 0.25) is 11.8 Å². The van der Waals surface area contributed by atoms with Crippen LogP contribution in [0.5, 0.6) is 0 Å². The Morgan fingerprint density at radius 2 is 1.81 bits per heavy atom. The monoisotopic (exact) mass is 423 g/mol. The number of piperidine rings is 3. The number of likely N-dealkylation sites (tertiary alicyclic amines) is 1. The van der Waals surface area contributed by atoms with Crippen molar-refractivity contribution in [3.63, 3.8) is 0 Å². The number of amides is 2. The molecule has 2 amide bonds. The standard InChI is InChI=1S/C24H33N5O2/c1-27-21-15-18(29-13-9-17(10-14-29)16-28-11-3-2-4-12-28)5-6-19(21)23(26-27)20-7-8-22(30)25-24(20)31/h5-6,15,17,20H,2-4,7-14,16H2,1H3,(H,25,30,31). The van der Waals surface area contributed by atoms with Crippen molar-refractivity contribution in [2.45, 2.75) is 50.9 Å². The molecular formula is C24H33N5O2. The Morgan fingerprint density at radius 3 is 2.55 bits per heavy atom. The number of carbonyl (C=O) groups is 2. The van der Waals surface area contributed by atoms with Gasteiger partial charge in [0.15, 0.2) is 0 Å². The number of aryl methyl sites for hydroxylation is 1. The number of rotatable bonds is 4. The molecule has 7 nitrogen and oxygen atoms in total. The number of nitrogens with one attached hydrogen (secondary N) is 1. The zero-order chi connectivity index (χ0) is 21.4. The second-order valence-electron chi connectivity index (χ2n) is 9.51. The van der Waals surface area contributed by atoms with Crippen LogP contribution in [0.15, 0.2) is 18.2 Å². The van der Waals surface area contributed by atoms with E-state index in [0.717, 1.165) is 35.6 Å². The topological polar surface area (TPSA) is 70.5 Å². The molecule has 0 spiro atoms. The van der Waals surface area contributed by atoms with E-state index >= 15 is 0 Å². The van der Waals surface area contributed by atoms with Gasteiger partial charge in [-0.25, -0.2) is 0 Å². The van der Waals surface area contributed by atoms with Crippen molar-refractivity contribution >= 4 is 28.4 Å². The van der Waals surface area contributed by atoms with Crippen molar-refractivity contribution in [1.29, 1.82) is 0 Å². The maximum Gasteiger partial charge on any atom is 0.235 e. The Kier molecular flexibility index (Phi) is 5.69. The predicted octanol–water partition coefficient (Wildman–Crippen LogP) is 2.80. The lowest BCUT2D eigenvalue weighted by Crippen LogP contribution is -2.40. The third-order valence-corrected chi connectivity index (χ3v) is 7.38. The number of imide groups is 1. The van der Waals surface area contributed by atoms with Crippen LogP contribution in [-0.2, 0) is 16.6 Å². The molecule has 7 heteroatoms. The van der Waals surface area contributed by atoms with E-state index in [9.17, 15) is 9.59 Å². The van der Waals surface area contributed by atoms with Crippen LogP contribution >= 0.6 is 0 Å². The molecule has 4 heterocycles. The van der Waals surface area contributed by atoms with Gasteiger partial charge >= 0.3 is 0 Å². The lowest BCUT2D eigenvalue weighted by Gasteiger charge is -2.37. The van der Waals surface area contributed by atoms with Crippen LogP contribution in [0.3, 0.4) is 0 Å². The van der Waals surface area contributed by atoms with Gasteiger partial charge in [0.05, 0.1) is 17.1 Å². The Morgan fingerprint density at radius 1 is 1.03 bits per heavy atom. The molecule has 166 valence electrons. The number of hydrogen-bond acceptors (Lipinski definition) is 5. The van der Waals surface area contributed by atoms with E-state index in [4.69, 9.17) is 0 Å². The second kappa shape index (κ2) is 8.61. The molecule has 31 heavy (non-hydrogen) atoms. The van der Waals surface area contributed by atoms with Gasteiger partial charge in [-0.3, -0.25) is 19.6 Å². The maximum absolute atomic E-state index is 12.4. The average molecular weight is 424 g/mol. The lowest BCUT2D eigenvalue weighted by atomic mass is 9.92. The zero-order valence-corrected chi connectivity index (χ0v) is 18.5. The molecule has 3 aliphatic rings. The zero-order valence-electron chi connectivity index (χ0n) is 18.5. The first-order valence-electron chi connectivity index (χ1n) is 11.9. The molecule has 1 atom stereocenters. The third-order valence-electron chi connectivity index (χ3n) is 7.38. The number of anilines is 1. The van der Waals surface area contributed by atoms with Crippen LogP contribution in [0.1, 0.15) is 56.6 Å². The van der Waals surface area contributed by atoms with E-state index in [1.165, 1.54) is 57.4 Å². The summed E-state index contributed by atoms with van der Waals surface area (Å²) in [7, 11) is 1.94. The molecule has 0 aliphatic carbocycles. The average Bonchev–Trinajstić information content (AvgIpc) is 3.11. The van der Waals surface area contributed by atoms with Crippen LogP contribution in [-0.4, -0.2) is 59.2 Å². The molecule has 1 unspecified atom stereocenters. The van der Waals surface area contributed by atoms with Crippen molar-refractivity contribution in [1.82, 2.24) is 20.0 Å². The summed E-state index contributed by atoms with van der Waals surface area (Å²) in [5, 5.41) is 8.15. The molecule has 0 bridgehead atoms. The van der Waals surface area contributed by atoms with Crippen LogP contribution < -0.4 is 10.2 Å². The smallest absolute Gasteiger partial charge is 0.235 e.